The lowest BCUT2D eigenvalue weighted by atomic mass is 10.0. The van der Waals surface area contributed by atoms with Crippen LogP contribution in [-0.4, -0.2) is 80.8 Å². The minimum Gasteiger partial charge on any atom is -0.341 e. The van der Waals surface area contributed by atoms with Crippen LogP contribution in [0.5, 0.6) is 0 Å². The van der Waals surface area contributed by atoms with Crippen LogP contribution in [-0.2, 0) is 9.59 Å². The molecular formula is C47H44Cl2N10O4. The number of aromatic nitrogens is 4. The zero-order valence-electron chi connectivity index (χ0n) is 34.5. The van der Waals surface area contributed by atoms with E-state index in [1.54, 1.807) is 64.5 Å². The molecule has 0 bridgehead atoms. The summed E-state index contributed by atoms with van der Waals surface area (Å²) in [5, 5.41) is 11.3. The van der Waals surface area contributed by atoms with Gasteiger partial charge in [-0.25, -0.2) is 19.6 Å². The van der Waals surface area contributed by atoms with E-state index in [-0.39, 0.29) is 17.9 Å². The Morgan fingerprint density at radius 3 is 2.00 bits per heavy atom. The molecule has 4 atom stereocenters. The van der Waals surface area contributed by atoms with Crippen molar-refractivity contribution in [1.29, 1.82) is 0 Å². The number of urea groups is 2. The third-order valence-corrected chi connectivity index (χ3v) is 12.0. The number of carbonyl (C=O) groups is 4. The number of amides is 6. The molecule has 6 aromatic rings. The lowest BCUT2D eigenvalue weighted by molar-refractivity contribution is -0.135. The standard InChI is InChI=1S/C47H44Cl2N10O4/c1-27-23-39(59(26-27)45(61)41(57-47(63)51-3)32-10-5-7-12-34(32)49)42-52-25-37(55-42)30-19-16-28(17-20-30)14-15-29-18-21-35-36(24-29)54-43(53-35)38-13-8-22-58(38)44(60)40(56-46(62)50-2)31-9-4-6-11-33(31)48/h4-7,9-12,16-21,24-25,38-41H,1,8,13,22-23,26H2,2-3H3,(H,52,55)(H,53,54)(H2,50,56,62)(H2,51,57,63)/t38-,39-,40+,41+/m0/s1. The fraction of sp³-hybridized carbons (Fsp3) is 0.234. The Morgan fingerprint density at radius 1 is 0.762 bits per heavy atom. The van der Waals surface area contributed by atoms with Crippen molar-refractivity contribution in [2.45, 2.75) is 43.4 Å². The summed E-state index contributed by atoms with van der Waals surface area (Å²) in [7, 11) is 2.98. The summed E-state index contributed by atoms with van der Waals surface area (Å²) in [4.78, 5) is 72.8. The van der Waals surface area contributed by atoms with Crippen LogP contribution in [0, 0.1) is 11.8 Å². The van der Waals surface area contributed by atoms with Crippen molar-refractivity contribution in [3.8, 4) is 23.1 Å². The maximum absolute atomic E-state index is 14.1. The van der Waals surface area contributed by atoms with Crippen LogP contribution in [0.25, 0.3) is 22.3 Å². The highest BCUT2D eigenvalue weighted by Crippen LogP contribution is 2.38. The molecule has 8 rings (SSSR count). The average molecular weight is 884 g/mol. The predicted octanol–water partition coefficient (Wildman–Crippen LogP) is 7.49. The molecule has 320 valence electrons. The Balaban J connectivity index is 0.957. The number of likely N-dealkylation sites (tertiary alicyclic amines) is 2. The van der Waals surface area contributed by atoms with Gasteiger partial charge in [0, 0.05) is 59.5 Å². The van der Waals surface area contributed by atoms with Crippen LogP contribution in [0.4, 0.5) is 9.59 Å². The van der Waals surface area contributed by atoms with Gasteiger partial charge in [-0.15, -0.1) is 0 Å². The molecule has 2 aliphatic heterocycles. The van der Waals surface area contributed by atoms with Crippen LogP contribution >= 0.6 is 23.2 Å². The first-order valence-corrected chi connectivity index (χ1v) is 21.2. The second-order valence-electron chi connectivity index (χ2n) is 15.3. The quantitative estimate of drug-likeness (QED) is 0.0647. The van der Waals surface area contributed by atoms with Crippen molar-refractivity contribution in [3.05, 3.63) is 153 Å². The Morgan fingerprint density at radius 2 is 1.37 bits per heavy atom. The highest BCUT2D eigenvalue weighted by Gasteiger charge is 2.40. The van der Waals surface area contributed by atoms with E-state index in [1.165, 1.54) is 14.1 Å². The molecule has 2 aliphatic rings. The normalized spacial score (nSPS) is 16.9. The molecule has 4 heterocycles. The monoisotopic (exact) mass is 882 g/mol. The van der Waals surface area contributed by atoms with E-state index in [4.69, 9.17) is 28.2 Å². The Hall–Kier alpha value is -7.08. The number of hydrogen-bond acceptors (Lipinski definition) is 6. The number of imidazole rings is 2. The molecule has 0 saturated carbocycles. The number of fused-ring (bicyclic) bond motifs is 1. The molecule has 0 spiro atoms. The van der Waals surface area contributed by atoms with Gasteiger partial charge >= 0.3 is 12.1 Å². The van der Waals surface area contributed by atoms with Crippen molar-refractivity contribution >= 4 is 58.1 Å². The molecule has 63 heavy (non-hydrogen) atoms. The topological polar surface area (TPSA) is 180 Å². The van der Waals surface area contributed by atoms with Crippen LogP contribution in [0.1, 0.15) is 77.3 Å². The van der Waals surface area contributed by atoms with Crippen molar-refractivity contribution in [2.75, 3.05) is 27.2 Å². The minimum absolute atomic E-state index is 0.268. The Labute approximate surface area is 373 Å². The molecule has 2 aromatic heterocycles. The molecule has 2 fully saturated rings. The summed E-state index contributed by atoms with van der Waals surface area (Å²) in [6.45, 7) is 4.98. The summed E-state index contributed by atoms with van der Waals surface area (Å²) in [5.41, 5.74) is 6.66. The van der Waals surface area contributed by atoms with Crippen molar-refractivity contribution in [3.63, 3.8) is 0 Å². The van der Waals surface area contributed by atoms with E-state index in [2.05, 4.69) is 54.6 Å². The van der Waals surface area contributed by atoms with Gasteiger partial charge in [0.05, 0.1) is 35.0 Å². The summed E-state index contributed by atoms with van der Waals surface area (Å²) in [5.74, 6) is 7.17. The third kappa shape index (κ3) is 9.11. The molecule has 2 saturated heterocycles. The molecule has 0 unspecified atom stereocenters. The maximum Gasteiger partial charge on any atom is 0.315 e. The second kappa shape index (κ2) is 18.5. The van der Waals surface area contributed by atoms with E-state index in [0.29, 0.717) is 58.8 Å². The number of halogens is 2. The zero-order chi connectivity index (χ0) is 44.2. The van der Waals surface area contributed by atoms with Gasteiger partial charge in [-0.1, -0.05) is 95.7 Å². The minimum atomic E-state index is -1.02. The van der Waals surface area contributed by atoms with Crippen molar-refractivity contribution < 1.29 is 19.2 Å². The van der Waals surface area contributed by atoms with Gasteiger partial charge in [0.15, 0.2) is 0 Å². The molecule has 6 amide bonds. The van der Waals surface area contributed by atoms with Gasteiger partial charge in [0.1, 0.15) is 23.7 Å². The summed E-state index contributed by atoms with van der Waals surface area (Å²) >= 11 is 13.0. The van der Waals surface area contributed by atoms with Crippen molar-refractivity contribution in [2.24, 2.45) is 0 Å². The van der Waals surface area contributed by atoms with Crippen LogP contribution in [0.15, 0.2) is 109 Å². The largest absolute Gasteiger partial charge is 0.341 e. The number of nitrogens with zero attached hydrogens (tertiary/aromatic N) is 4. The van der Waals surface area contributed by atoms with Gasteiger partial charge in [-0.3, -0.25) is 9.59 Å². The van der Waals surface area contributed by atoms with E-state index >= 15 is 0 Å². The number of H-pyrrole nitrogens is 2. The summed E-state index contributed by atoms with van der Waals surface area (Å²) in [6, 6.07) is 23.7. The van der Waals surface area contributed by atoms with E-state index in [9.17, 15) is 19.2 Å². The smallest absolute Gasteiger partial charge is 0.315 e. The number of carbonyl (C=O) groups excluding carboxylic acids is 4. The van der Waals surface area contributed by atoms with Gasteiger partial charge < -0.3 is 41.0 Å². The maximum atomic E-state index is 14.1. The number of benzene rings is 4. The molecule has 0 aliphatic carbocycles. The van der Waals surface area contributed by atoms with Crippen molar-refractivity contribution in [1.82, 2.24) is 51.0 Å². The van der Waals surface area contributed by atoms with E-state index in [0.717, 1.165) is 45.4 Å². The van der Waals surface area contributed by atoms with Crippen LogP contribution in [0.2, 0.25) is 10.0 Å². The summed E-state index contributed by atoms with van der Waals surface area (Å²) < 4.78 is 0. The van der Waals surface area contributed by atoms with E-state index < -0.39 is 30.2 Å². The lowest BCUT2D eigenvalue weighted by Gasteiger charge is -2.29. The van der Waals surface area contributed by atoms with Gasteiger partial charge in [-0.05, 0) is 67.3 Å². The molecule has 4 aromatic carbocycles. The number of hydrogen-bond donors (Lipinski definition) is 6. The highest BCUT2D eigenvalue weighted by molar-refractivity contribution is 6.32. The number of rotatable bonds is 9. The lowest BCUT2D eigenvalue weighted by Crippen LogP contribution is -2.45. The second-order valence-corrected chi connectivity index (χ2v) is 16.2. The number of nitrogens with one attached hydrogen (secondary N) is 6. The van der Waals surface area contributed by atoms with Gasteiger partial charge in [0.25, 0.3) is 11.8 Å². The Kier molecular flexibility index (Phi) is 12.5. The first kappa shape index (κ1) is 42.6. The fourth-order valence-corrected chi connectivity index (χ4v) is 8.58. The SMILES string of the molecule is C=C1C[C@@H](c2ncc(-c3ccc(C#Cc4ccc5nc([C@@H]6CCCN6C(=O)[C@H](NC(=O)NC)c6ccccc6Cl)[nH]c5c4)cc3)[nH]2)N(C(=O)[C@H](NC(=O)NC)c2ccccc2Cl)C1. The summed E-state index contributed by atoms with van der Waals surface area (Å²) in [6.07, 6.45) is 3.74. The average Bonchev–Trinajstić information content (AvgIpc) is 4.13. The molecular weight excluding hydrogens is 839 g/mol. The first-order valence-electron chi connectivity index (χ1n) is 20.4. The fourth-order valence-electron chi connectivity index (χ4n) is 8.09. The van der Waals surface area contributed by atoms with Gasteiger partial charge in [-0.2, -0.15) is 0 Å². The van der Waals surface area contributed by atoms with Crippen LogP contribution < -0.4 is 21.3 Å². The van der Waals surface area contributed by atoms with Gasteiger partial charge in [0.2, 0.25) is 0 Å². The molecule has 6 N–H and O–H groups in total. The predicted molar refractivity (Wildman–Crippen MR) is 242 cm³/mol. The molecule has 0 radical (unpaired) electrons. The first-order chi connectivity index (χ1) is 30.5. The van der Waals surface area contributed by atoms with E-state index in [1.807, 2.05) is 42.5 Å². The highest BCUT2D eigenvalue weighted by atomic mass is 35.5. The van der Waals surface area contributed by atoms with Crippen LogP contribution in [0.3, 0.4) is 0 Å². The third-order valence-electron chi connectivity index (χ3n) is 11.3. The number of aromatic amines is 2. The molecule has 16 heteroatoms. The Bertz CT molecular complexity index is 2790. The molecule has 14 nitrogen and oxygen atoms in total. The zero-order valence-corrected chi connectivity index (χ0v) is 36.0.